The molecule has 3 rings (SSSR count). The summed E-state index contributed by atoms with van der Waals surface area (Å²) in [6, 6.07) is 5.66. The quantitative estimate of drug-likeness (QED) is 0.693. The van der Waals surface area contributed by atoms with E-state index in [1.54, 1.807) is 13.4 Å². The van der Waals surface area contributed by atoms with Gasteiger partial charge >= 0.3 is 5.76 Å². The van der Waals surface area contributed by atoms with Crippen molar-refractivity contribution in [2.75, 3.05) is 0 Å². The fourth-order valence-electron chi connectivity index (χ4n) is 2.01. The summed E-state index contributed by atoms with van der Waals surface area (Å²) >= 11 is 3.41. The third-order valence-corrected chi connectivity index (χ3v) is 3.54. The van der Waals surface area contributed by atoms with Crippen LogP contribution in [0.15, 0.2) is 38.3 Å². The molecule has 18 heavy (non-hydrogen) atoms. The molecule has 0 saturated carbocycles. The van der Waals surface area contributed by atoms with E-state index in [2.05, 4.69) is 20.9 Å². The van der Waals surface area contributed by atoms with E-state index in [0.717, 1.165) is 21.4 Å². The highest BCUT2D eigenvalue weighted by molar-refractivity contribution is 9.10. The lowest BCUT2D eigenvalue weighted by Gasteiger charge is -2.03. The molecule has 0 atom stereocenters. The number of aryl methyl sites for hydroxylation is 2. The first kappa shape index (κ1) is 11.3. The normalized spacial score (nSPS) is 11.3. The van der Waals surface area contributed by atoms with E-state index in [1.165, 1.54) is 4.57 Å². The lowest BCUT2D eigenvalue weighted by Crippen LogP contribution is -2.08. The maximum atomic E-state index is 11.4. The van der Waals surface area contributed by atoms with E-state index in [-0.39, 0.29) is 5.76 Å². The lowest BCUT2D eigenvalue weighted by atomic mass is 10.1. The summed E-state index contributed by atoms with van der Waals surface area (Å²) in [5.74, 6) is -0.355. The average molecular weight is 308 g/mol. The monoisotopic (exact) mass is 307 g/mol. The Morgan fingerprint density at radius 2 is 2.11 bits per heavy atom. The van der Waals surface area contributed by atoms with Crippen molar-refractivity contribution in [3.8, 4) is 11.3 Å². The van der Waals surface area contributed by atoms with Gasteiger partial charge in [0.1, 0.15) is 4.60 Å². The van der Waals surface area contributed by atoms with Gasteiger partial charge in [0.2, 0.25) is 0 Å². The van der Waals surface area contributed by atoms with Crippen molar-refractivity contribution in [2.45, 2.75) is 0 Å². The predicted octanol–water partition coefficient (Wildman–Crippen LogP) is 2.29. The third kappa shape index (κ3) is 1.53. The Balaban J connectivity index is 2.29. The van der Waals surface area contributed by atoms with Crippen LogP contribution in [-0.4, -0.2) is 14.1 Å². The minimum atomic E-state index is -0.355. The molecule has 92 valence electrons. The van der Waals surface area contributed by atoms with Gasteiger partial charge in [0.15, 0.2) is 5.58 Å². The average Bonchev–Trinajstić information content (AvgIpc) is 2.81. The molecular formula is C12H10BrN3O2. The van der Waals surface area contributed by atoms with Crippen LogP contribution < -0.4 is 5.76 Å². The SMILES string of the molecule is Cn1cnc(Br)c1-c1ccc2c(c1)oc(=O)n2C. The summed E-state index contributed by atoms with van der Waals surface area (Å²) in [7, 11) is 3.60. The van der Waals surface area contributed by atoms with Gasteiger partial charge in [-0.3, -0.25) is 4.57 Å². The predicted molar refractivity (Wildman–Crippen MR) is 71.4 cm³/mol. The molecular weight excluding hydrogens is 298 g/mol. The molecule has 1 aromatic carbocycles. The summed E-state index contributed by atoms with van der Waals surface area (Å²) in [5.41, 5.74) is 3.25. The lowest BCUT2D eigenvalue weighted by molar-refractivity contribution is 0.528. The Morgan fingerprint density at radius 3 is 2.78 bits per heavy atom. The summed E-state index contributed by atoms with van der Waals surface area (Å²) in [6.45, 7) is 0. The molecule has 0 N–H and O–H groups in total. The van der Waals surface area contributed by atoms with Crippen molar-refractivity contribution in [3.05, 3.63) is 39.7 Å². The number of rotatable bonds is 1. The molecule has 0 fully saturated rings. The first-order chi connectivity index (χ1) is 8.58. The van der Waals surface area contributed by atoms with Crippen LogP contribution >= 0.6 is 15.9 Å². The van der Waals surface area contributed by atoms with Crippen LogP contribution in [0.1, 0.15) is 0 Å². The van der Waals surface area contributed by atoms with Crippen molar-refractivity contribution < 1.29 is 4.42 Å². The van der Waals surface area contributed by atoms with Crippen molar-refractivity contribution in [1.29, 1.82) is 0 Å². The largest absolute Gasteiger partial charge is 0.419 e. The summed E-state index contributed by atoms with van der Waals surface area (Å²) in [6.07, 6.45) is 1.73. The topological polar surface area (TPSA) is 53.0 Å². The van der Waals surface area contributed by atoms with Crippen LogP contribution in [0.2, 0.25) is 0 Å². The molecule has 3 aromatic rings. The molecule has 6 heteroatoms. The fraction of sp³-hybridized carbons (Fsp3) is 0.167. The molecule has 0 saturated heterocycles. The van der Waals surface area contributed by atoms with Crippen LogP contribution in [0.3, 0.4) is 0 Å². The number of benzene rings is 1. The van der Waals surface area contributed by atoms with Gasteiger partial charge in [-0.15, -0.1) is 0 Å². The van der Waals surface area contributed by atoms with Crippen molar-refractivity contribution in [1.82, 2.24) is 14.1 Å². The second-order valence-corrected chi connectivity index (χ2v) is 4.86. The Kier molecular flexibility index (Phi) is 2.41. The van der Waals surface area contributed by atoms with Crippen LogP contribution in [0.5, 0.6) is 0 Å². The maximum Gasteiger partial charge on any atom is 0.419 e. The number of aromatic nitrogens is 3. The molecule has 0 spiro atoms. The van der Waals surface area contributed by atoms with Gasteiger partial charge in [0.25, 0.3) is 0 Å². The standard InChI is InChI=1S/C12H10BrN3O2/c1-15-6-14-11(13)10(15)7-3-4-8-9(5-7)18-12(17)16(8)2/h3-6H,1-2H3. The molecule has 0 aliphatic heterocycles. The molecule has 0 bridgehead atoms. The van der Waals surface area contributed by atoms with Gasteiger partial charge in [-0.05, 0) is 28.1 Å². The number of fused-ring (bicyclic) bond motifs is 1. The Morgan fingerprint density at radius 1 is 1.33 bits per heavy atom. The zero-order valence-electron chi connectivity index (χ0n) is 9.85. The number of imidazole rings is 1. The van der Waals surface area contributed by atoms with Crippen LogP contribution in [-0.2, 0) is 14.1 Å². The second kappa shape index (κ2) is 3.84. The van der Waals surface area contributed by atoms with Crippen molar-refractivity contribution >= 4 is 27.0 Å². The fourth-order valence-corrected chi connectivity index (χ4v) is 2.61. The minimum absolute atomic E-state index is 0.355. The number of oxazole rings is 1. The summed E-state index contributed by atoms with van der Waals surface area (Å²) in [4.78, 5) is 15.6. The van der Waals surface area contributed by atoms with Gasteiger partial charge < -0.3 is 8.98 Å². The van der Waals surface area contributed by atoms with Crippen molar-refractivity contribution in [3.63, 3.8) is 0 Å². The molecule has 5 nitrogen and oxygen atoms in total. The Bertz CT molecular complexity index is 778. The van der Waals surface area contributed by atoms with Gasteiger partial charge in [-0.25, -0.2) is 9.78 Å². The van der Waals surface area contributed by atoms with Crippen LogP contribution in [0.25, 0.3) is 22.4 Å². The third-order valence-electron chi connectivity index (χ3n) is 2.96. The highest BCUT2D eigenvalue weighted by atomic mass is 79.9. The van der Waals surface area contributed by atoms with E-state index in [9.17, 15) is 4.79 Å². The second-order valence-electron chi connectivity index (χ2n) is 4.10. The number of hydrogen-bond acceptors (Lipinski definition) is 3. The minimum Gasteiger partial charge on any atom is -0.408 e. The van der Waals surface area contributed by atoms with E-state index in [0.29, 0.717) is 5.58 Å². The zero-order chi connectivity index (χ0) is 12.9. The van der Waals surface area contributed by atoms with E-state index in [4.69, 9.17) is 4.42 Å². The molecule has 0 amide bonds. The van der Waals surface area contributed by atoms with Gasteiger partial charge in [0.05, 0.1) is 17.5 Å². The van der Waals surface area contributed by atoms with E-state index < -0.39 is 0 Å². The first-order valence-electron chi connectivity index (χ1n) is 5.34. The van der Waals surface area contributed by atoms with E-state index >= 15 is 0 Å². The zero-order valence-corrected chi connectivity index (χ0v) is 11.4. The Labute approximate surface area is 111 Å². The number of hydrogen-bond donors (Lipinski definition) is 0. The van der Waals surface area contributed by atoms with Crippen LogP contribution in [0, 0.1) is 0 Å². The molecule has 0 unspecified atom stereocenters. The van der Waals surface area contributed by atoms with Crippen LogP contribution in [0.4, 0.5) is 0 Å². The molecule has 0 radical (unpaired) electrons. The van der Waals surface area contributed by atoms with Gasteiger partial charge in [-0.1, -0.05) is 6.07 Å². The van der Waals surface area contributed by atoms with Crippen molar-refractivity contribution in [2.24, 2.45) is 14.1 Å². The highest BCUT2D eigenvalue weighted by Gasteiger charge is 2.12. The highest BCUT2D eigenvalue weighted by Crippen LogP contribution is 2.28. The maximum absolute atomic E-state index is 11.4. The first-order valence-corrected chi connectivity index (χ1v) is 6.14. The smallest absolute Gasteiger partial charge is 0.408 e. The summed E-state index contributed by atoms with van der Waals surface area (Å²) < 4.78 is 9.34. The molecule has 2 heterocycles. The molecule has 0 aliphatic carbocycles. The van der Waals surface area contributed by atoms with Gasteiger partial charge in [-0.2, -0.15) is 0 Å². The van der Waals surface area contributed by atoms with Gasteiger partial charge in [0, 0.05) is 19.7 Å². The Hall–Kier alpha value is -1.82. The number of nitrogens with zero attached hydrogens (tertiary/aromatic N) is 3. The molecule has 0 aliphatic rings. The molecule has 2 aromatic heterocycles. The summed E-state index contributed by atoms with van der Waals surface area (Å²) in [5, 5.41) is 0. The van der Waals surface area contributed by atoms with E-state index in [1.807, 2.05) is 29.8 Å². The number of halogens is 1.